The third kappa shape index (κ3) is 2.76. The Kier molecular flexibility index (Phi) is 3.76. The fourth-order valence-corrected chi connectivity index (χ4v) is 1.48. The van der Waals surface area contributed by atoms with Crippen molar-refractivity contribution in [1.82, 2.24) is 5.43 Å². The Labute approximate surface area is 105 Å². The molecule has 0 radical (unpaired) electrons. The second kappa shape index (κ2) is 5.67. The van der Waals surface area contributed by atoms with Gasteiger partial charge in [0.1, 0.15) is 5.76 Å². The maximum absolute atomic E-state index is 11.9. The maximum Gasteiger partial charge on any atom is 0.273 e. The van der Waals surface area contributed by atoms with E-state index in [-0.39, 0.29) is 5.91 Å². The van der Waals surface area contributed by atoms with Gasteiger partial charge in [-0.05, 0) is 24.3 Å². The van der Waals surface area contributed by atoms with E-state index in [1.807, 2.05) is 12.1 Å². The van der Waals surface area contributed by atoms with Crippen molar-refractivity contribution in [2.75, 3.05) is 12.4 Å². The Bertz CT molecular complexity index is 547. The van der Waals surface area contributed by atoms with Crippen LogP contribution in [0, 0.1) is 0 Å². The van der Waals surface area contributed by atoms with Crippen molar-refractivity contribution in [2.45, 2.75) is 0 Å². The van der Waals surface area contributed by atoms with Gasteiger partial charge >= 0.3 is 0 Å². The van der Waals surface area contributed by atoms with E-state index < -0.39 is 0 Å². The SMILES string of the molecule is CNc1ccccc1C(=O)NN=Cc1ccco1. The molecule has 1 aromatic carbocycles. The number of amides is 1. The Morgan fingerprint density at radius 2 is 2.11 bits per heavy atom. The molecule has 0 saturated carbocycles. The van der Waals surface area contributed by atoms with Gasteiger partial charge in [0.2, 0.25) is 0 Å². The maximum atomic E-state index is 11.9. The van der Waals surface area contributed by atoms with Crippen molar-refractivity contribution in [1.29, 1.82) is 0 Å². The van der Waals surface area contributed by atoms with Crippen molar-refractivity contribution < 1.29 is 9.21 Å². The quantitative estimate of drug-likeness (QED) is 0.638. The van der Waals surface area contributed by atoms with Crippen molar-refractivity contribution in [2.24, 2.45) is 5.10 Å². The number of furan rings is 1. The van der Waals surface area contributed by atoms with Crippen LogP contribution in [-0.2, 0) is 0 Å². The first kappa shape index (κ1) is 11.9. The van der Waals surface area contributed by atoms with Gasteiger partial charge in [-0.25, -0.2) is 5.43 Å². The molecule has 0 aliphatic rings. The zero-order valence-electron chi connectivity index (χ0n) is 9.88. The molecule has 5 heteroatoms. The summed E-state index contributed by atoms with van der Waals surface area (Å²) >= 11 is 0. The first-order chi connectivity index (χ1) is 8.81. The minimum absolute atomic E-state index is 0.275. The van der Waals surface area contributed by atoms with Crippen LogP contribution in [0.1, 0.15) is 16.1 Å². The van der Waals surface area contributed by atoms with E-state index in [2.05, 4.69) is 15.8 Å². The van der Waals surface area contributed by atoms with E-state index in [4.69, 9.17) is 4.42 Å². The van der Waals surface area contributed by atoms with E-state index in [1.165, 1.54) is 6.21 Å². The number of carbonyl (C=O) groups excluding carboxylic acids is 1. The summed E-state index contributed by atoms with van der Waals surface area (Å²) in [5, 5.41) is 6.77. The average Bonchev–Trinajstić information content (AvgIpc) is 2.91. The van der Waals surface area contributed by atoms with Crippen LogP contribution in [0.3, 0.4) is 0 Å². The van der Waals surface area contributed by atoms with Crippen LogP contribution in [-0.4, -0.2) is 19.2 Å². The summed E-state index contributed by atoms with van der Waals surface area (Å²) in [6, 6.07) is 10.7. The molecule has 0 saturated heterocycles. The molecular formula is C13H13N3O2. The molecule has 1 heterocycles. The third-order valence-electron chi connectivity index (χ3n) is 2.34. The van der Waals surface area contributed by atoms with Gasteiger partial charge in [-0.15, -0.1) is 0 Å². The summed E-state index contributed by atoms with van der Waals surface area (Å²) in [7, 11) is 1.76. The van der Waals surface area contributed by atoms with Gasteiger partial charge in [-0.1, -0.05) is 12.1 Å². The summed E-state index contributed by atoms with van der Waals surface area (Å²) in [4.78, 5) is 11.9. The molecule has 18 heavy (non-hydrogen) atoms. The van der Waals surface area contributed by atoms with Crippen molar-refractivity contribution in [3.8, 4) is 0 Å². The number of hydrogen-bond donors (Lipinski definition) is 2. The van der Waals surface area contributed by atoms with Crippen molar-refractivity contribution in [3.05, 3.63) is 54.0 Å². The van der Waals surface area contributed by atoms with Gasteiger partial charge in [0.05, 0.1) is 18.0 Å². The number of para-hydroxylation sites is 1. The summed E-state index contributed by atoms with van der Waals surface area (Å²) in [6.45, 7) is 0. The summed E-state index contributed by atoms with van der Waals surface area (Å²) in [5.74, 6) is 0.306. The Morgan fingerprint density at radius 3 is 2.83 bits per heavy atom. The first-order valence-electron chi connectivity index (χ1n) is 5.45. The summed E-state index contributed by atoms with van der Waals surface area (Å²) in [6.07, 6.45) is 2.99. The Hall–Kier alpha value is -2.56. The number of rotatable bonds is 4. The lowest BCUT2D eigenvalue weighted by Gasteiger charge is -2.06. The zero-order chi connectivity index (χ0) is 12.8. The van der Waals surface area contributed by atoms with Crippen LogP contribution in [0.4, 0.5) is 5.69 Å². The molecule has 0 atom stereocenters. The van der Waals surface area contributed by atoms with Gasteiger partial charge in [0.15, 0.2) is 0 Å². The van der Waals surface area contributed by atoms with Crippen LogP contribution in [0.15, 0.2) is 52.2 Å². The molecule has 0 unspecified atom stereocenters. The van der Waals surface area contributed by atoms with Crippen LogP contribution in [0.5, 0.6) is 0 Å². The van der Waals surface area contributed by atoms with E-state index >= 15 is 0 Å². The zero-order valence-corrected chi connectivity index (χ0v) is 9.88. The van der Waals surface area contributed by atoms with E-state index in [9.17, 15) is 4.79 Å². The second-order valence-electron chi connectivity index (χ2n) is 3.51. The molecule has 0 aliphatic carbocycles. The third-order valence-corrected chi connectivity index (χ3v) is 2.34. The highest BCUT2D eigenvalue weighted by molar-refractivity contribution is 5.99. The lowest BCUT2D eigenvalue weighted by atomic mass is 10.1. The predicted octanol–water partition coefficient (Wildman–Crippen LogP) is 2.09. The number of hydrogen-bond acceptors (Lipinski definition) is 4. The molecule has 2 aromatic rings. The van der Waals surface area contributed by atoms with Gasteiger partial charge in [-0.2, -0.15) is 5.10 Å². The smallest absolute Gasteiger partial charge is 0.273 e. The fraction of sp³-hybridized carbons (Fsp3) is 0.0769. The first-order valence-corrected chi connectivity index (χ1v) is 5.45. The van der Waals surface area contributed by atoms with Crippen molar-refractivity contribution >= 4 is 17.8 Å². The molecule has 2 N–H and O–H groups in total. The van der Waals surface area contributed by atoms with E-state index in [0.717, 1.165) is 5.69 Å². The van der Waals surface area contributed by atoms with Gasteiger partial charge in [0, 0.05) is 12.7 Å². The topological polar surface area (TPSA) is 66.6 Å². The molecule has 0 aliphatic heterocycles. The van der Waals surface area contributed by atoms with E-state index in [0.29, 0.717) is 11.3 Å². The summed E-state index contributed by atoms with van der Waals surface area (Å²) < 4.78 is 5.05. The number of carbonyl (C=O) groups is 1. The van der Waals surface area contributed by atoms with Crippen LogP contribution in [0.2, 0.25) is 0 Å². The lowest BCUT2D eigenvalue weighted by molar-refractivity contribution is 0.0956. The molecule has 0 bridgehead atoms. The molecule has 1 amide bonds. The standard InChI is InChI=1S/C13H13N3O2/c1-14-12-7-3-2-6-11(12)13(17)16-15-9-10-5-4-8-18-10/h2-9,14H,1H3,(H,16,17). The molecule has 5 nitrogen and oxygen atoms in total. The molecule has 1 aromatic heterocycles. The van der Waals surface area contributed by atoms with Gasteiger partial charge in [0.25, 0.3) is 5.91 Å². The molecular weight excluding hydrogens is 230 g/mol. The van der Waals surface area contributed by atoms with Gasteiger partial charge in [-0.3, -0.25) is 4.79 Å². The van der Waals surface area contributed by atoms with Crippen LogP contribution in [0.25, 0.3) is 0 Å². The number of benzene rings is 1. The largest absolute Gasteiger partial charge is 0.463 e. The normalized spacial score (nSPS) is 10.5. The Balaban J connectivity index is 2.04. The Morgan fingerprint density at radius 1 is 1.28 bits per heavy atom. The minimum atomic E-state index is -0.275. The number of anilines is 1. The molecule has 0 spiro atoms. The van der Waals surface area contributed by atoms with Crippen molar-refractivity contribution in [3.63, 3.8) is 0 Å². The average molecular weight is 243 g/mol. The summed E-state index contributed by atoms with van der Waals surface area (Å²) in [5.41, 5.74) is 3.73. The predicted molar refractivity (Wildman–Crippen MR) is 69.8 cm³/mol. The fourth-order valence-electron chi connectivity index (χ4n) is 1.48. The second-order valence-corrected chi connectivity index (χ2v) is 3.51. The molecule has 2 rings (SSSR count). The number of nitrogens with one attached hydrogen (secondary N) is 2. The van der Waals surface area contributed by atoms with E-state index in [1.54, 1.807) is 37.6 Å². The highest BCUT2D eigenvalue weighted by Gasteiger charge is 2.08. The van der Waals surface area contributed by atoms with Crippen LogP contribution < -0.4 is 10.7 Å². The highest BCUT2D eigenvalue weighted by Crippen LogP contribution is 2.13. The molecule has 0 fully saturated rings. The molecule has 92 valence electrons. The number of hydrazone groups is 1. The monoisotopic (exact) mass is 243 g/mol. The number of nitrogens with zero attached hydrogens (tertiary/aromatic N) is 1. The highest BCUT2D eigenvalue weighted by atomic mass is 16.3. The lowest BCUT2D eigenvalue weighted by Crippen LogP contribution is -2.18. The van der Waals surface area contributed by atoms with Gasteiger partial charge < -0.3 is 9.73 Å². The van der Waals surface area contributed by atoms with Crippen LogP contribution >= 0.6 is 0 Å². The minimum Gasteiger partial charge on any atom is -0.463 e.